The predicted octanol–water partition coefficient (Wildman–Crippen LogP) is 6.06. The summed E-state index contributed by atoms with van der Waals surface area (Å²) in [6.45, 7) is 0.626. The molecule has 4 rings (SSSR count). The number of aromatic nitrogens is 1. The second kappa shape index (κ2) is 7.97. The van der Waals surface area contributed by atoms with Crippen molar-refractivity contribution < 1.29 is 14.6 Å². The van der Waals surface area contributed by atoms with Crippen LogP contribution in [0.5, 0.6) is 5.06 Å². The SMILES string of the molecule is CN(C)Cc1c(OC(=O)O)sc2c(C3CCCCC3)c(-c3ccccc3)[nH]c12. The molecule has 2 N–H and O–H groups in total. The molecule has 0 aliphatic heterocycles. The first-order chi connectivity index (χ1) is 13.5. The van der Waals surface area contributed by atoms with Crippen LogP contribution < -0.4 is 4.74 Å². The molecule has 1 fully saturated rings. The molecular weight excluding hydrogens is 372 g/mol. The minimum atomic E-state index is -1.26. The number of aromatic amines is 1. The molecule has 1 aromatic carbocycles. The van der Waals surface area contributed by atoms with Gasteiger partial charge in [0.15, 0.2) is 5.06 Å². The molecule has 1 aliphatic carbocycles. The number of hydrogen-bond donors (Lipinski definition) is 2. The van der Waals surface area contributed by atoms with E-state index in [0.29, 0.717) is 17.5 Å². The zero-order valence-corrected chi connectivity index (χ0v) is 17.1. The van der Waals surface area contributed by atoms with Gasteiger partial charge < -0.3 is 19.7 Å². The summed E-state index contributed by atoms with van der Waals surface area (Å²) < 4.78 is 6.32. The molecule has 2 aromatic heterocycles. The number of H-pyrrole nitrogens is 1. The second-order valence-corrected chi connectivity index (χ2v) is 8.78. The van der Waals surface area contributed by atoms with E-state index in [1.807, 2.05) is 25.1 Å². The highest BCUT2D eigenvalue weighted by Crippen LogP contribution is 2.48. The first-order valence-electron chi connectivity index (χ1n) is 9.82. The van der Waals surface area contributed by atoms with Crippen molar-refractivity contribution in [2.45, 2.75) is 44.6 Å². The summed E-state index contributed by atoms with van der Waals surface area (Å²) in [5, 5.41) is 9.68. The van der Waals surface area contributed by atoms with Gasteiger partial charge in [-0.2, -0.15) is 0 Å². The minimum Gasteiger partial charge on any atom is -0.449 e. The third kappa shape index (κ3) is 3.66. The number of carbonyl (C=O) groups is 1. The molecule has 0 spiro atoms. The smallest absolute Gasteiger partial charge is 0.449 e. The third-order valence-corrected chi connectivity index (χ3v) is 6.61. The third-order valence-electron chi connectivity index (χ3n) is 5.46. The van der Waals surface area contributed by atoms with Gasteiger partial charge in [0.1, 0.15) is 0 Å². The molecule has 3 aromatic rings. The fourth-order valence-electron chi connectivity index (χ4n) is 4.31. The van der Waals surface area contributed by atoms with E-state index in [1.165, 1.54) is 60.3 Å². The van der Waals surface area contributed by atoms with Crippen LogP contribution in [0.2, 0.25) is 0 Å². The number of nitrogens with zero attached hydrogens (tertiary/aromatic N) is 1. The lowest BCUT2D eigenvalue weighted by Crippen LogP contribution is -2.12. The molecule has 6 heteroatoms. The van der Waals surface area contributed by atoms with E-state index in [0.717, 1.165) is 15.8 Å². The van der Waals surface area contributed by atoms with E-state index < -0.39 is 6.16 Å². The van der Waals surface area contributed by atoms with Crippen molar-refractivity contribution in [3.05, 3.63) is 41.5 Å². The van der Waals surface area contributed by atoms with Crippen LogP contribution in [0.4, 0.5) is 4.79 Å². The van der Waals surface area contributed by atoms with Crippen LogP contribution in [0.1, 0.15) is 49.1 Å². The maximum absolute atomic E-state index is 11.2. The largest absolute Gasteiger partial charge is 0.512 e. The predicted molar refractivity (Wildman–Crippen MR) is 113 cm³/mol. The van der Waals surface area contributed by atoms with Crippen molar-refractivity contribution in [2.24, 2.45) is 0 Å². The van der Waals surface area contributed by atoms with Gasteiger partial charge in [-0.25, -0.2) is 4.79 Å². The Hall–Kier alpha value is -2.31. The molecule has 0 amide bonds. The number of ether oxygens (including phenoxy) is 1. The summed E-state index contributed by atoms with van der Waals surface area (Å²) in [6, 6.07) is 10.4. The zero-order chi connectivity index (χ0) is 19.7. The number of thiophene rings is 1. The number of fused-ring (bicyclic) bond motifs is 1. The Balaban J connectivity index is 1.92. The van der Waals surface area contributed by atoms with Crippen molar-refractivity contribution in [1.82, 2.24) is 9.88 Å². The van der Waals surface area contributed by atoms with Crippen LogP contribution in [-0.4, -0.2) is 35.2 Å². The van der Waals surface area contributed by atoms with Crippen molar-refractivity contribution in [1.29, 1.82) is 0 Å². The molecule has 5 nitrogen and oxygen atoms in total. The number of nitrogens with one attached hydrogen (secondary N) is 1. The lowest BCUT2D eigenvalue weighted by Gasteiger charge is -2.22. The van der Waals surface area contributed by atoms with E-state index in [4.69, 9.17) is 4.74 Å². The first kappa shape index (κ1) is 19.0. The highest BCUT2D eigenvalue weighted by atomic mass is 32.1. The maximum atomic E-state index is 11.2. The van der Waals surface area contributed by atoms with E-state index in [-0.39, 0.29) is 0 Å². The van der Waals surface area contributed by atoms with E-state index in [1.54, 1.807) is 0 Å². The van der Waals surface area contributed by atoms with Crippen molar-refractivity contribution >= 4 is 27.7 Å². The summed E-state index contributed by atoms with van der Waals surface area (Å²) in [5.74, 6) is 0.501. The van der Waals surface area contributed by atoms with E-state index in [2.05, 4.69) is 29.2 Å². The van der Waals surface area contributed by atoms with Crippen molar-refractivity contribution in [3.8, 4) is 16.3 Å². The molecule has 0 bridgehead atoms. The summed E-state index contributed by atoms with van der Waals surface area (Å²) in [4.78, 5) is 16.9. The number of benzene rings is 1. The molecule has 148 valence electrons. The van der Waals surface area contributed by atoms with Crippen LogP contribution in [0.25, 0.3) is 21.5 Å². The van der Waals surface area contributed by atoms with Gasteiger partial charge >= 0.3 is 6.16 Å². The van der Waals surface area contributed by atoms with Gasteiger partial charge in [-0.1, -0.05) is 60.9 Å². The molecule has 0 atom stereocenters. The van der Waals surface area contributed by atoms with Crippen LogP contribution >= 0.6 is 11.3 Å². The van der Waals surface area contributed by atoms with Gasteiger partial charge in [-0.15, -0.1) is 0 Å². The highest BCUT2D eigenvalue weighted by molar-refractivity contribution is 7.21. The van der Waals surface area contributed by atoms with E-state index in [9.17, 15) is 9.90 Å². The molecule has 0 unspecified atom stereocenters. The number of carboxylic acid groups (broad SMARTS) is 1. The topological polar surface area (TPSA) is 65.6 Å². The summed E-state index contributed by atoms with van der Waals surface area (Å²) in [5.41, 5.74) is 5.64. The first-order valence-corrected chi connectivity index (χ1v) is 10.6. The summed E-state index contributed by atoms with van der Waals surface area (Å²) >= 11 is 1.47. The van der Waals surface area contributed by atoms with Crippen LogP contribution in [0.15, 0.2) is 30.3 Å². The zero-order valence-electron chi connectivity index (χ0n) is 16.3. The van der Waals surface area contributed by atoms with Crippen LogP contribution in [0.3, 0.4) is 0 Å². The van der Waals surface area contributed by atoms with Gasteiger partial charge in [0.05, 0.1) is 15.9 Å². The van der Waals surface area contributed by atoms with Crippen molar-refractivity contribution in [2.75, 3.05) is 14.1 Å². The molecular formula is C22H26N2O3S. The average Bonchev–Trinajstić information content (AvgIpc) is 3.19. The quantitative estimate of drug-likeness (QED) is 0.513. The van der Waals surface area contributed by atoms with Gasteiger partial charge in [0.25, 0.3) is 0 Å². The standard InChI is InChI=1S/C22H26N2O3S/c1-24(2)13-16-19-20(28-21(16)27-22(25)26)17(14-9-5-3-6-10-14)18(23-19)15-11-7-4-8-12-15/h4,7-8,11-12,14,23H,3,5-6,9-10,13H2,1-2H3,(H,25,26). The van der Waals surface area contributed by atoms with Crippen molar-refractivity contribution in [3.63, 3.8) is 0 Å². The van der Waals surface area contributed by atoms with Crippen LogP contribution in [-0.2, 0) is 6.54 Å². The minimum absolute atomic E-state index is 0.485. The van der Waals surface area contributed by atoms with Gasteiger partial charge in [-0.3, -0.25) is 0 Å². The maximum Gasteiger partial charge on any atom is 0.512 e. The average molecular weight is 399 g/mol. The number of rotatable bonds is 5. The molecule has 2 heterocycles. The summed E-state index contributed by atoms with van der Waals surface area (Å²) in [6.07, 6.45) is 4.91. The molecule has 1 saturated carbocycles. The van der Waals surface area contributed by atoms with Crippen LogP contribution in [0, 0.1) is 0 Å². The molecule has 0 saturated heterocycles. The van der Waals surface area contributed by atoms with E-state index >= 15 is 0 Å². The van der Waals surface area contributed by atoms with Gasteiger partial charge in [0, 0.05) is 12.1 Å². The fourth-order valence-corrected chi connectivity index (χ4v) is 5.55. The lowest BCUT2D eigenvalue weighted by molar-refractivity contribution is 0.145. The Labute approximate surface area is 168 Å². The lowest BCUT2D eigenvalue weighted by atomic mass is 9.83. The Bertz CT molecular complexity index is 969. The Kier molecular flexibility index (Phi) is 5.42. The Morgan fingerprint density at radius 2 is 1.93 bits per heavy atom. The number of hydrogen-bond acceptors (Lipinski definition) is 4. The highest BCUT2D eigenvalue weighted by Gasteiger charge is 2.28. The Morgan fingerprint density at radius 1 is 1.21 bits per heavy atom. The molecule has 0 radical (unpaired) electrons. The normalized spacial score (nSPS) is 15.4. The summed E-state index contributed by atoms with van der Waals surface area (Å²) in [7, 11) is 3.97. The second-order valence-electron chi connectivity index (χ2n) is 7.79. The van der Waals surface area contributed by atoms with Gasteiger partial charge in [-0.05, 0) is 44.0 Å². The molecule has 28 heavy (non-hydrogen) atoms. The van der Waals surface area contributed by atoms with Gasteiger partial charge in [0.2, 0.25) is 0 Å². The molecule has 1 aliphatic rings. The fraction of sp³-hybridized carbons (Fsp3) is 0.409. The Morgan fingerprint density at radius 3 is 2.57 bits per heavy atom. The monoisotopic (exact) mass is 398 g/mol.